The Morgan fingerprint density at radius 3 is 1.84 bits per heavy atom. The molecule has 10 fully saturated rings. The third-order valence-corrected chi connectivity index (χ3v) is 22.1. The van der Waals surface area contributed by atoms with E-state index in [9.17, 15) is 66.1 Å². The number of rotatable bonds is 11. The van der Waals surface area contributed by atoms with Crippen molar-refractivity contribution in [3.8, 4) is 0 Å². The van der Waals surface area contributed by atoms with E-state index < -0.39 is 177 Å². The van der Waals surface area contributed by atoms with E-state index in [4.69, 9.17) is 47.4 Å². The molecule has 10 rings (SSSR count). The summed E-state index contributed by atoms with van der Waals surface area (Å²) >= 11 is 0. The van der Waals surface area contributed by atoms with E-state index in [-0.39, 0.29) is 40.0 Å². The molecule has 0 amide bonds. The molecule has 0 aromatic carbocycles. The topological polar surface area (TPSA) is 352 Å². The van der Waals surface area contributed by atoms with Crippen LogP contribution in [0.15, 0.2) is 0 Å². The molecular weight excluding hydrogens is 1020 g/mol. The minimum absolute atomic E-state index is 0.0123. The van der Waals surface area contributed by atoms with Crippen molar-refractivity contribution in [3.63, 3.8) is 0 Å². The number of esters is 1. The predicted octanol–water partition coefficient (Wildman–Crippen LogP) is -1.53. The van der Waals surface area contributed by atoms with Crippen molar-refractivity contribution in [2.75, 3.05) is 33.0 Å². The number of aliphatic hydroxyl groups excluding tert-OH is 12. The summed E-state index contributed by atoms with van der Waals surface area (Å²) in [5, 5.41) is 131. The van der Waals surface area contributed by atoms with Gasteiger partial charge in [0.25, 0.3) is 0 Å². The zero-order valence-electron chi connectivity index (χ0n) is 45.6. The fraction of sp³-hybridized carbons (Fsp3) is 0.981. The van der Waals surface area contributed by atoms with Crippen LogP contribution in [0, 0.1) is 50.2 Å². The first kappa shape index (κ1) is 58.8. The molecule has 442 valence electrons. The number of fused-ring (bicyclic) bond motifs is 4. The number of hydrogen-bond acceptors (Lipinski definition) is 23. The van der Waals surface area contributed by atoms with Crippen LogP contribution in [0.3, 0.4) is 0 Å². The summed E-state index contributed by atoms with van der Waals surface area (Å²) in [4.78, 5) is 12.6. The van der Waals surface area contributed by atoms with Crippen LogP contribution >= 0.6 is 0 Å². The van der Waals surface area contributed by atoms with E-state index in [2.05, 4.69) is 48.5 Å². The molecule has 5 saturated carbocycles. The molecule has 5 heterocycles. The molecule has 5 saturated heterocycles. The second-order valence-electron chi connectivity index (χ2n) is 26.9. The van der Waals surface area contributed by atoms with Crippen LogP contribution in [-0.2, 0) is 52.2 Å². The summed E-state index contributed by atoms with van der Waals surface area (Å²) in [6.45, 7) is 15.3. The van der Waals surface area contributed by atoms with Crippen LogP contribution in [0.25, 0.3) is 0 Å². The zero-order chi connectivity index (χ0) is 55.9. The molecule has 0 aromatic rings. The lowest BCUT2D eigenvalue weighted by molar-refractivity contribution is -0.396. The average Bonchev–Trinajstić information content (AvgIpc) is 3.49. The Morgan fingerprint density at radius 1 is 0.558 bits per heavy atom. The van der Waals surface area contributed by atoms with Gasteiger partial charge < -0.3 is 109 Å². The van der Waals surface area contributed by atoms with Gasteiger partial charge in [0.1, 0.15) is 91.6 Å². The Labute approximate surface area is 449 Å². The molecule has 5 aliphatic carbocycles. The smallest absolute Gasteiger partial charge is 0.302 e. The molecule has 23 nitrogen and oxygen atoms in total. The monoisotopic (exact) mass is 1100 g/mol. The van der Waals surface area contributed by atoms with E-state index in [0.717, 1.165) is 38.5 Å². The maximum absolute atomic E-state index is 12.6. The van der Waals surface area contributed by atoms with Gasteiger partial charge in [-0.05, 0) is 91.3 Å². The van der Waals surface area contributed by atoms with Gasteiger partial charge in [-0.25, -0.2) is 0 Å². The van der Waals surface area contributed by atoms with Gasteiger partial charge in [0.05, 0.1) is 56.3 Å². The fourth-order valence-corrected chi connectivity index (χ4v) is 17.9. The van der Waals surface area contributed by atoms with Gasteiger partial charge in [0.15, 0.2) is 25.2 Å². The number of ether oxygens (including phenoxy) is 10. The number of carbonyl (C=O) groups excluding carboxylic acids is 1. The lowest BCUT2D eigenvalue weighted by Crippen LogP contribution is -2.75. The Balaban J connectivity index is 0.924. The molecule has 12 N–H and O–H groups in total. The highest BCUT2D eigenvalue weighted by molar-refractivity contribution is 5.66. The molecule has 0 radical (unpaired) electrons. The number of hydrogen-bond donors (Lipinski definition) is 12. The first-order valence-electron chi connectivity index (χ1n) is 28.1. The number of carbonyl (C=O) groups is 1. The maximum atomic E-state index is 12.6. The Bertz CT molecular complexity index is 2120. The van der Waals surface area contributed by atoms with Crippen molar-refractivity contribution in [3.05, 3.63) is 0 Å². The van der Waals surface area contributed by atoms with Gasteiger partial charge in [-0.1, -0.05) is 48.5 Å². The molecule has 29 atom stereocenters. The van der Waals surface area contributed by atoms with Crippen LogP contribution in [0.2, 0.25) is 0 Å². The summed E-state index contributed by atoms with van der Waals surface area (Å²) in [5.74, 6) is -0.0511. The summed E-state index contributed by atoms with van der Waals surface area (Å²) in [5.41, 5.74) is -2.84. The standard InChI is InChI=1S/C54H88O23/c1-23(57)71-33-17-48(2,3)15-30-53(33)22-70-54(30)14-10-29-50(6)12-11-32(49(4,5)28(50)9-13-51(29,7)52(54,8)16-31(53)59)75-46-42(37(63)27(21-69-46)74-45-41(67)38(64)35(61)25(18-55)72-45)77-47-43(39(65)36(62)26(19-56)73-47)76-44-40(66)34(60)24(58)20-68-44/h24-47,55-56,58-67H,9-22H2,1-8H3/t24-,25-,26-,27+,28+,29-,30-,31-,32+,33+,34+,35-,36-,37+,38+,39+,40-,41-,42-,43-,44+,45+,46+,47+,50+,51-,52+,53+,54+/m1/s1. The summed E-state index contributed by atoms with van der Waals surface area (Å²) < 4.78 is 62.4. The van der Waals surface area contributed by atoms with Gasteiger partial charge in [-0.15, -0.1) is 0 Å². The van der Waals surface area contributed by atoms with Crippen LogP contribution in [0.4, 0.5) is 0 Å². The molecule has 23 heteroatoms. The molecule has 5 aliphatic heterocycles. The normalized spacial score (nSPS) is 56.0. The summed E-state index contributed by atoms with van der Waals surface area (Å²) in [6.07, 6.45) is -25.2. The zero-order valence-corrected chi connectivity index (χ0v) is 45.6. The molecule has 2 bridgehead atoms. The Hall–Kier alpha value is -1.37. The van der Waals surface area contributed by atoms with Gasteiger partial charge >= 0.3 is 5.97 Å². The first-order chi connectivity index (χ1) is 36.1. The van der Waals surface area contributed by atoms with Crippen LogP contribution in [0.5, 0.6) is 0 Å². The van der Waals surface area contributed by atoms with E-state index in [1.807, 2.05) is 0 Å². The summed E-state index contributed by atoms with van der Waals surface area (Å²) in [6, 6.07) is 0. The van der Waals surface area contributed by atoms with Crippen molar-refractivity contribution < 1.29 is 113 Å². The van der Waals surface area contributed by atoms with Gasteiger partial charge in [0, 0.05) is 18.3 Å². The van der Waals surface area contributed by atoms with Crippen molar-refractivity contribution in [2.24, 2.45) is 50.2 Å². The number of aliphatic hydroxyl groups is 12. The highest BCUT2D eigenvalue weighted by Gasteiger charge is 2.82. The maximum Gasteiger partial charge on any atom is 0.302 e. The van der Waals surface area contributed by atoms with Crippen LogP contribution in [0.1, 0.15) is 113 Å². The van der Waals surface area contributed by atoms with Gasteiger partial charge in [-0.3, -0.25) is 4.79 Å². The highest BCUT2D eigenvalue weighted by Crippen LogP contribution is 2.81. The molecule has 1 spiro atoms. The third kappa shape index (κ3) is 9.04. The molecular formula is C54H88O23. The van der Waals surface area contributed by atoms with E-state index in [1.165, 1.54) is 6.92 Å². The highest BCUT2D eigenvalue weighted by atomic mass is 16.8. The van der Waals surface area contributed by atoms with E-state index in [1.54, 1.807) is 0 Å². The Morgan fingerprint density at radius 2 is 1.17 bits per heavy atom. The largest absolute Gasteiger partial charge is 0.462 e. The fourth-order valence-electron chi connectivity index (χ4n) is 17.9. The predicted molar refractivity (Wildman–Crippen MR) is 261 cm³/mol. The third-order valence-electron chi connectivity index (χ3n) is 22.1. The molecule has 10 aliphatic rings. The molecule has 0 aromatic heterocycles. The average molecular weight is 1110 g/mol. The minimum Gasteiger partial charge on any atom is -0.462 e. The first-order valence-corrected chi connectivity index (χ1v) is 28.1. The van der Waals surface area contributed by atoms with Crippen molar-refractivity contribution in [2.45, 2.75) is 248 Å². The van der Waals surface area contributed by atoms with Crippen molar-refractivity contribution >= 4 is 5.97 Å². The van der Waals surface area contributed by atoms with Crippen LogP contribution in [-0.4, -0.2) is 235 Å². The molecule has 0 unspecified atom stereocenters. The lowest BCUT2D eigenvalue weighted by atomic mass is 9.30. The van der Waals surface area contributed by atoms with E-state index >= 15 is 0 Å². The van der Waals surface area contributed by atoms with Gasteiger partial charge in [-0.2, -0.15) is 0 Å². The minimum atomic E-state index is -1.90. The Kier molecular flexibility index (Phi) is 15.9. The summed E-state index contributed by atoms with van der Waals surface area (Å²) in [7, 11) is 0. The van der Waals surface area contributed by atoms with Crippen molar-refractivity contribution in [1.29, 1.82) is 0 Å². The SMILES string of the molecule is CC(=O)O[C@H]1CC(C)(C)C[C@@H]2[C@]13CO[C@@]21CC[C@@H]2[C@@]4(C)CC[C@H](O[C@@H]5OC[C@H](O[C@@H]6O[C@H](CO)[C@@H](O)[C@H](O)[C@H]6O)[C@H](O)[C@H]5O[C@@H]5O[C@H](CO)[C@@H](O)[C@H](O)[C@H]5O[C@@H]5OC[C@@H](O)[C@H](O)[C@H]5O)C(C)(C)[C@@H]4CC[C@@]2(C)[C@]1(C)C[C@H]3O. The van der Waals surface area contributed by atoms with Crippen LogP contribution < -0.4 is 0 Å². The molecule has 77 heavy (non-hydrogen) atoms. The second-order valence-corrected chi connectivity index (χ2v) is 26.9. The van der Waals surface area contributed by atoms with E-state index in [0.29, 0.717) is 25.9 Å². The quantitative estimate of drug-likeness (QED) is 0.0825. The van der Waals surface area contributed by atoms with Crippen molar-refractivity contribution in [1.82, 2.24) is 0 Å². The lowest BCUT2D eigenvalue weighted by Gasteiger charge is -2.75. The van der Waals surface area contributed by atoms with Gasteiger partial charge in [0.2, 0.25) is 0 Å². The second kappa shape index (κ2) is 20.8.